The Bertz CT molecular complexity index is 624. The molecule has 148 valence electrons. The van der Waals surface area contributed by atoms with Crippen molar-refractivity contribution in [1.29, 1.82) is 0 Å². The molecule has 0 aliphatic carbocycles. The first kappa shape index (κ1) is 23.8. The van der Waals surface area contributed by atoms with Gasteiger partial charge in [-0.2, -0.15) is 18.6 Å². The van der Waals surface area contributed by atoms with Crippen molar-refractivity contribution in [3.05, 3.63) is 24.3 Å². The molecule has 2 N–H and O–H groups in total. The van der Waals surface area contributed by atoms with Crippen LogP contribution in [-0.2, 0) is 43.0 Å². The Morgan fingerprint density at radius 2 is 1.42 bits per heavy atom. The topological polar surface area (TPSA) is 148 Å². The second-order valence-electron chi connectivity index (χ2n) is 5.33. The van der Waals surface area contributed by atoms with E-state index in [0.29, 0.717) is 0 Å². The zero-order valence-corrected chi connectivity index (χ0v) is 15.5. The third-order valence-electron chi connectivity index (χ3n) is 2.79. The quantitative estimate of drug-likeness (QED) is 0.158. The summed E-state index contributed by atoms with van der Waals surface area (Å²) >= 11 is 0. The number of ether oxygens (including phenoxy) is 3. The lowest BCUT2D eigenvalue weighted by Crippen LogP contribution is -2.30. The van der Waals surface area contributed by atoms with Crippen molar-refractivity contribution in [2.45, 2.75) is 20.3 Å². The van der Waals surface area contributed by atoms with Crippen LogP contribution in [0.1, 0.15) is 20.3 Å². The minimum absolute atomic E-state index is 0.0604. The van der Waals surface area contributed by atoms with E-state index >= 15 is 0 Å². The van der Waals surface area contributed by atoms with Crippen LogP contribution < -0.4 is 5.90 Å². The molecule has 0 radical (unpaired) electrons. The highest BCUT2D eigenvalue weighted by atomic mass is 32.2. The number of hydrogen-bond acceptors (Lipinski definition) is 10. The molecule has 0 aromatic carbocycles. The van der Waals surface area contributed by atoms with Crippen molar-refractivity contribution >= 4 is 28.0 Å². The van der Waals surface area contributed by atoms with E-state index in [1.165, 1.54) is 13.8 Å². The van der Waals surface area contributed by atoms with Crippen molar-refractivity contribution in [2.24, 2.45) is 11.8 Å². The second-order valence-corrected chi connectivity index (χ2v) is 7.05. The highest BCUT2D eigenvalue weighted by molar-refractivity contribution is 7.86. The lowest BCUT2D eigenvalue weighted by atomic mass is 10.2. The van der Waals surface area contributed by atoms with E-state index in [1.807, 2.05) is 0 Å². The average Bonchev–Trinajstić information content (AvgIpc) is 2.57. The summed E-state index contributed by atoms with van der Waals surface area (Å²) in [5.41, 5.74) is 0.256. The van der Waals surface area contributed by atoms with Crippen LogP contribution >= 0.6 is 0 Å². The monoisotopic (exact) mass is 393 g/mol. The number of carbonyl (C=O) groups excluding carboxylic acids is 3. The summed E-state index contributed by atoms with van der Waals surface area (Å²) in [4.78, 5) is 34.9. The highest BCUT2D eigenvalue weighted by Crippen LogP contribution is 2.07. The lowest BCUT2D eigenvalue weighted by Gasteiger charge is -2.16. The van der Waals surface area contributed by atoms with Crippen LogP contribution in [0.2, 0.25) is 0 Å². The molecule has 0 aliphatic heterocycles. The predicted molar refractivity (Wildman–Crippen MR) is 89.7 cm³/mol. The van der Waals surface area contributed by atoms with Gasteiger partial charge in [-0.3, -0.25) is 4.79 Å². The van der Waals surface area contributed by atoms with Gasteiger partial charge in [0, 0.05) is 11.1 Å². The fourth-order valence-corrected chi connectivity index (χ4v) is 1.93. The normalized spacial score (nSPS) is 10.9. The van der Waals surface area contributed by atoms with Gasteiger partial charge in [-0.1, -0.05) is 13.2 Å². The molecule has 0 aromatic rings. The van der Waals surface area contributed by atoms with Crippen molar-refractivity contribution in [2.75, 3.05) is 25.6 Å². The molecule has 0 saturated carbocycles. The molecule has 0 saturated heterocycles. The minimum Gasteiger partial charge on any atom is -0.465 e. The first-order chi connectivity index (χ1) is 12.0. The summed E-state index contributed by atoms with van der Waals surface area (Å²) in [7, 11) is -3.87. The Morgan fingerprint density at radius 3 is 1.81 bits per heavy atom. The van der Waals surface area contributed by atoms with Crippen molar-refractivity contribution in [3.8, 4) is 0 Å². The van der Waals surface area contributed by atoms with E-state index in [9.17, 15) is 22.8 Å². The number of hydrogen-bond donors (Lipinski definition) is 1. The third kappa shape index (κ3) is 9.91. The van der Waals surface area contributed by atoms with E-state index < -0.39 is 52.9 Å². The molecule has 0 aliphatic rings. The Labute approximate surface area is 152 Å². The fraction of sp³-hybridized carbons (Fsp3) is 0.533. The molecule has 0 bridgehead atoms. The lowest BCUT2D eigenvalue weighted by molar-refractivity contribution is -0.158. The van der Waals surface area contributed by atoms with E-state index in [1.54, 1.807) is 0 Å². The summed E-state index contributed by atoms with van der Waals surface area (Å²) in [5.74, 6) is 0.756. The maximum Gasteiger partial charge on any atom is 0.333 e. The fourth-order valence-electron chi connectivity index (χ4n) is 1.36. The van der Waals surface area contributed by atoms with E-state index in [0.717, 1.165) is 0 Å². The van der Waals surface area contributed by atoms with Crippen LogP contribution in [0.5, 0.6) is 0 Å². The average molecular weight is 393 g/mol. The summed E-state index contributed by atoms with van der Waals surface area (Å²) in [5, 5.41) is 0. The number of carbonyl (C=O) groups is 3. The first-order valence-electron chi connectivity index (χ1n) is 7.43. The number of nitrogens with two attached hydrogens (primary N) is 1. The largest absolute Gasteiger partial charge is 0.465 e. The zero-order chi connectivity index (χ0) is 20.3. The van der Waals surface area contributed by atoms with Gasteiger partial charge in [0.15, 0.2) is 0 Å². The van der Waals surface area contributed by atoms with Gasteiger partial charge < -0.3 is 14.2 Å². The molecule has 0 atom stereocenters. The summed E-state index contributed by atoms with van der Waals surface area (Å²) in [6, 6.07) is 0. The van der Waals surface area contributed by atoms with Crippen LogP contribution in [0.3, 0.4) is 0 Å². The smallest absolute Gasteiger partial charge is 0.333 e. The minimum atomic E-state index is -3.87. The molecule has 0 fully saturated rings. The van der Waals surface area contributed by atoms with Gasteiger partial charge in [-0.25, -0.2) is 9.59 Å². The summed E-state index contributed by atoms with van der Waals surface area (Å²) in [6.45, 7) is 8.60. The standard InChI is InChI=1S/C15H23NO9S/c1-10(2)13(17)23-8-12(9-24-14(18)11(3)4)15(19)22-6-5-7-26(20,21)25-16/h12H,1,3,5-9,16H2,2,4H3. The maximum absolute atomic E-state index is 12.0. The van der Waals surface area contributed by atoms with Crippen molar-refractivity contribution in [1.82, 2.24) is 0 Å². The molecule has 0 unspecified atom stereocenters. The molecule has 0 spiro atoms. The Balaban J connectivity index is 4.66. The van der Waals surface area contributed by atoms with Crippen LogP contribution in [0, 0.1) is 5.92 Å². The van der Waals surface area contributed by atoms with Gasteiger partial charge in [-0.05, 0) is 20.3 Å². The zero-order valence-electron chi connectivity index (χ0n) is 14.7. The van der Waals surface area contributed by atoms with Gasteiger partial charge in [0.2, 0.25) is 0 Å². The van der Waals surface area contributed by atoms with Crippen LogP contribution in [-0.4, -0.2) is 51.9 Å². The third-order valence-corrected chi connectivity index (χ3v) is 3.87. The summed E-state index contributed by atoms with van der Waals surface area (Å²) in [6.07, 6.45) is -0.0604. The Hall–Kier alpha value is -2.24. The van der Waals surface area contributed by atoms with Gasteiger partial charge in [0.05, 0.1) is 12.4 Å². The molecule has 0 rings (SSSR count). The molecule has 11 heteroatoms. The van der Waals surface area contributed by atoms with Gasteiger partial charge in [0.1, 0.15) is 19.1 Å². The second kappa shape index (κ2) is 11.4. The van der Waals surface area contributed by atoms with Crippen LogP contribution in [0.15, 0.2) is 24.3 Å². The SMILES string of the molecule is C=C(C)C(=O)OCC(COC(=O)C(=C)C)C(=O)OCCCS(=O)(=O)ON. The Kier molecular flexibility index (Phi) is 10.4. The van der Waals surface area contributed by atoms with Gasteiger partial charge >= 0.3 is 17.9 Å². The number of esters is 3. The maximum atomic E-state index is 12.0. The molecule has 0 heterocycles. The van der Waals surface area contributed by atoms with Crippen LogP contribution in [0.4, 0.5) is 0 Å². The molecule has 10 nitrogen and oxygen atoms in total. The van der Waals surface area contributed by atoms with E-state index in [-0.39, 0.29) is 24.2 Å². The molecule has 26 heavy (non-hydrogen) atoms. The molecule has 0 amide bonds. The molecular weight excluding hydrogens is 370 g/mol. The van der Waals surface area contributed by atoms with Crippen molar-refractivity contribution in [3.63, 3.8) is 0 Å². The Morgan fingerprint density at radius 1 is 0.962 bits per heavy atom. The molecule has 0 aromatic heterocycles. The predicted octanol–water partition coefficient (Wildman–Crippen LogP) is -0.00540. The van der Waals surface area contributed by atoms with Crippen LogP contribution in [0.25, 0.3) is 0 Å². The van der Waals surface area contributed by atoms with Gasteiger partial charge in [-0.15, -0.1) is 0 Å². The number of rotatable bonds is 12. The van der Waals surface area contributed by atoms with Crippen molar-refractivity contribution < 1.29 is 41.3 Å². The van der Waals surface area contributed by atoms with Gasteiger partial charge in [0.25, 0.3) is 10.1 Å². The van der Waals surface area contributed by atoms with E-state index in [2.05, 4.69) is 23.3 Å². The highest BCUT2D eigenvalue weighted by Gasteiger charge is 2.25. The molecular formula is C15H23NO9S. The first-order valence-corrected chi connectivity index (χ1v) is 9.00. The van der Waals surface area contributed by atoms with E-state index in [4.69, 9.17) is 14.2 Å². The summed E-state index contributed by atoms with van der Waals surface area (Å²) < 4.78 is 40.5.